The van der Waals surface area contributed by atoms with Crippen LogP contribution in [-0.2, 0) is 4.79 Å². The summed E-state index contributed by atoms with van der Waals surface area (Å²) in [4.78, 5) is 11.8. The minimum Gasteiger partial charge on any atom is -0.496 e. The summed E-state index contributed by atoms with van der Waals surface area (Å²) in [7, 11) is 3.14. The van der Waals surface area contributed by atoms with Gasteiger partial charge >= 0.3 is 0 Å². The minimum absolute atomic E-state index is 0.122. The average Bonchev–Trinajstić information content (AvgIpc) is 2.97. The summed E-state index contributed by atoms with van der Waals surface area (Å²) in [5.74, 6) is 1.77. The fraction of sp³-hybridized carbons (Fsp3) is 0.533. The van der Waals surface area contributed by atoms with Gasteiger partial charge < -0.3 is 30.0 Å². The van der Waals surface area contributed by atoms with Gasteiger partial charge in [0.1, 0.15) is 23.9 Å². The van der Waals surface area contributed by atoms with Crippen molar-refractivity contribution < 1.29 is 24.1 Å². The molecule has 1 saturated heterocycles. The summed E-state index contributed by atoms with van der Waals surface area (Å²) in [6.45, 7) is 1.17. The number of carbonyl (C=O) groups excluding carboxylic acids is 1. The number of nitrogens with one attached hydrogen (secondary N) is 2. The number of benzene rings is 1. The van der Waals surface area contributed by atoms with Gasteiger partial charge in [-0.2, -0.15) is 0 Å². The molecule has 0 spiro atoms. The molecular formula is C15H22N2O5. The van der Waals surface area contributed by atoms with Gasteiger partial charge in [-0.3, -0.25) is 4.79 Å². The largest absolute Gasteiger partial charge is 0.496 e. The summed E-state index contributed by atoms with van der Waals surface area (Å²) < 4.78 is 15.9. The first kappa shape index (κ1) is 16.4. The molecule has 0 saturated carbocycles. The number of aliphatic hydroxyl groups excluding tert-OH is 1. The number of ether oxygens (including phenoxy) is 3. The lowest BCUT2D eigenvalue weighted by atomic mass is 10.2. The highest BCUT2D eigenvalue weighted by Gasteiger charge is 2.27. The van der Waals surface area contributed by atoms with Gasteiger partial charge in [0.25, 0.3) is 0 Å². The third kappa shape index (κ3) is 4.51. The number of aliphatic hydroxyl groups is 1. The first-order valence-electron chi connectivity index (χ1n) is 7.17. The molecule has 1 aromatic rings. The molecule has 3 N–H and O–H groups in total. The maximum absolute atomic E-state index is 11.8. The monoisotopic (exact) mass is 310 g/mol. The Balaban J connectivity index is 1.75. The molecule has 2 atom stereocenters. The van der Waals surface area contributed by atoms with Crippen molar-refractivity contribution in [1.29, 1.82) is 0 Å². The topological polar surface area (TPSA) is 89.0 Å². The van der Waals surface area contributed by atoms with E-state index in [4.69, 9.17) is 14.2 Å². The van der Waals surface area contributed by atoms with E-state index in [9.17, 15) is 9.90 Å². The number of carbonyl (C=O) groups is 1. The molecular weight excluding hydrogens is 288 g/mol. The lowest BCUT2D eigenvalue weighted by molar-refractivity contribution is -0.123. The van der Waals surface area contributed by atoms with Crippen molar-refractivity contribution in [2.24, 2.45) is 0 Å². The zero-order valence-electron chi connectivity index (χ0n) is 12.8. The maximum Gasteiger partial charge on any atom is 0.237 e. The predicted molar refractivity (Wildman–Crippen MR) is 80.5 cm³/mol. The molecule has 1 aliphatic heterocycles. The normalized spacial score (nSPS) is 20.5. The van der Waals surface area contributed by atoms with Crippen LogP contribution in [0, 0.1) is 0 Å². The van der Waals surface area contributed by atoms with Gasteiger partial charge in [-0.1, -0.05) is 0 Å². The molecule has 2 unspecified atom stereocenters. The molecule has 0 aromatic heterocycles. The van der Waals surface area contributed by atoms with Crippen LogP contribution in [-0.4, -0.2) is 57.1 Å². The summed E-state index contributed by atoms with van der Waals surface area (Å²) in [5, 5.41) is 15.1. The fourth-order valence-corrected chi connectivity index (χ4v) is 2.25. The van der Waals surface area contributed by atoms with E-state index in [2.05, 4.69) is 10.6 Å². The van der Waals surface area contributed by atoms with Crippen LogP contribution in [0.15, 0.2) is 18.2 Å². The zero-order chi connectivity index (χ0) is 15.9. The predicted octanol–water partition coefficient (Wildman–Crippen LogP) is -0.0784. The Morgan fingerprint density at radius 2 is 1.91 bits per heavy atom. The molecule has 7 nitrogen and oxygen atoms in total. The Morgan fingerprint density at radius 1 is 1.27 bits per heavy atom. The van der Waals surface area contributed by atoms with Crippen molar-refractivity contribution in [1.82, 2.24) is 10.6 Å². The number of hydrogen-bond donors (Lipinski definition) is 3. The molecule has 1 aromatic carbocycles. The van der Waals surface area contributed by atoms with Gasteiger partial charge in [0, 0.05) is 24.7 Å². The molecule has 22 heavy (non-hydrogen) atoms. The third-order valence-electron chi connectivity index (χ3n) is 3.42. The van der Waals surface area contributed by atoms with Crippen LogP contribution in [0.5, 0.6) is 17.2 Å². The quantitative estimate of drug-likeness (QED) is 0.611. The van der Waals surface area contributed by atoms with E-state index in [0.29, 0.717) is 43.4 Å². The SMILES string of the molecule is COc1cc(OC)cc(OCCNC(=O)C2CC(O)CN2)c1. The number of β-amino-alcohol motifs (C(OH)–C–C–N with tert-alkyl or cyclic N) is 1. The molecule has 7 heteroatoms. The first-order chi connectivity index (χ1) is 10.6. The number of amides is 1. The number of methoxy groups -OCH3 is 2. The molecule has 1 fully saturated rings. The Hall–Kier alpha value is -1.99. The summed E-state index contributed by atoms with van der Waals surface area (Å²) in [6, 6.07) is 4.93. The van der Waals surface area contributed by atoms with Crippen molar-refractivity contribution in [3.05, 3.63) is 18.2 Å². The fourth-order valence-electron chi connectivity index (χ4n) is 2.25. The van der Waals surface area contributed by atoms with Crippen LogP contribution < -0.4 is 24.8 Å². The van der Waals surface area contributed by atoms with E-state index in [1.807, 2.05) is 0 Å². The van der Waals surface area contributed by atoms with E-state index in [-0.39, 0.29) is 11.9 Å². The van der Waals surface area contributed by atoms with Crippen LogP contribution in [0.2, 0.25) is 0 Å². The van der Waals surface area contributed by atoms with Crippen LogP contribution in [0.1, 0.15) is 6.42 Å². The summed E-state index contributed by atoms with van der Waals surface area (Å²) in [6.07, 6.45) is -0.00370. The second-order valence-corrected chi connectivity index (χ2v) is 5.04. The third-order valence-corrected chi connectivity index (χ3v) is 3.42. The standard InChI is InChI=1S/C15H22N2O5/c1-20-11-6-12(21-2)8-13(7-11)22-4-3-16-15(19)14-5-10(18)9-17-14/h6-8,10,14,17-18H,3-5,9H2,1-2H3,(H,16,19). The van der Waals surface area contributed by atoms with Gasteiger partial charge in [-0.05, 0) is 6.42 Å². The Kier molecular flexibility index (Phi) is 5.85. The highest BCUT2D eigenvalue weighted by Crippen LogP contribution is 2.27. The number of hydrogen-bond acceptors (Lipinski definition) is 6. The summed E-state index contributed by atoms with van der Waals surface area (Å²) in [5.41, 5.74) is 0. The highest BCUT2D eigenvalue weighted by atomic mass is 16.5. The lowest BCUT2D eigenvalue weighted by Gasteiger charge is -2.13. The molecule has 2 rings (SSSR count). The van der Waals surface area contributed by atoms with Crippen molar-refractivity contribution in [3.63, 3.8) is 0 Å². The van der Waals surface area contributed by atoms with Gasteiger partial charge in [0.05, 0.1) is 32.9 Å². The van der Waals surface area contributed by atoms with Gasteiger partial charge in [0.15, 0.2) is 0 Å². The molecule has 1 aliphatic rings. The second kappa shape index (κ2) is 7.86. The molecule has 1 heterocycles. The van der Waals surface area contributed by atoms with Crippen molar-refractivity contribution in [3.8, 4) is 17.2 Å². The van der Waals surface area contributed by atoms with Gasteiger partial charge in [0.2, 0.25) is 5.91 Å². The Morgan fingerprint density at radius 3 is 2.45 bits per heavy atom. The molecule has 1 amide bonds. The van der Waals surface area contributed by atoms with E-state index in [1.165, 1.54) is 0 Å². The van der Waals surface area contributed by atoms with Gasteiger partial charge in [-0.25, -0.2) is 0 Å². The van der Waals surface area contributed by atoms with Crippen LogP contribution in [0.25, 0.3) is 0 Å². The Bertz CT molecular complexity index is 486. The van der Waals surface area contributed by atoms with Crippen LogP contribution in [0.3, 0.4) is 0 Å². The van der Waals surface area contributed by atoms with Crippen LogP contribution >= 0.6 is 0 Å². The van der Waals surface area contributed by atoms with E-state index < -0.39 is 6.10 Å². The van der Waals surface area contributed by atoms with E-state index in [1.54, 1.807) is 32.4 Å². The molecule has 122 valence electrons. The van der Waals surface area contributed by atoms with Crippen molar-refractivity contribution >= 4 is 5.91 Å². The molecule has 0 aliphatic carbocycles. The first-order valence-corrected chi connectivity index (χ1v) is 7.17. The number of rotatable bonds is 7. The Labute approximate surface area is 129 Å². The smallest absolute Gasteiger partial charge is 0.237 e. The maximum atomic E-state index is 11.8. The minimum atomic E-state index is -0.448. The molecule has 0 radical (unpaired) electrons. The van der Waals surface area contributed by atoms with Crippen LogP contribution in [0.4, 0.5) is 0 Å². The lowest BCUT2D eigenvalue weighted by Crippen LogP contribution is -2.41. The summed E-state index contributed by atoms with van der Waals surface area (Å²) >= 11 is 0. The average molecular weight is 310 g/mol. The van der Waals surface area contributed by atoms with Crippen molar-refractivity contribution in [2.45, 2.75) is 18.6 Å². The highest BCUT2D eigenvalue weighted by molar-refractivity contribution is 5.82. The van der Waals surface area contributed by atoms with E-state index in [0.717, 1.165) is 0 Å². The molecule has 0 bridgehead atoms. The van der Waals surface area contributed by atoms with Crippen molar-refractivity contribution in [2.75, 3.05) is 33.9 Å². The van der Waals surface area contributed by atoms with Gasteiger partial charge in [-0.15, -0.1) is 0 Å². The van der Waals surface area contributed by atoms with E-state index >= 15 is 0 Å². The second-order valence-electron chi connectivity index (χ2n) is 5.04. The zero-order valence-corrected chi connectivity index (χ0v) is 12.8.